The molecule has 0 unspecified atom stereocenters. The molecule has 2 N–H and O–H groups in total. The molecule has 0 saturated heterocycles. The highest BCUT2D eigenvalue weighted by Crippen LogP contribution is 2.26. The second-order valence-corrected chi connectivity index (χ2v) is 5.34. The molecule has 22 heavy (non-hydrogen) atoms. The number of nitrogens with zero attached hydrogens (tertiary/aromatic N) is 2. The van der Waals surface area contributed by atoms with Crippen LogP contribution in [0, 0.1) is 11.7 Å². The van der Waals surface area contributed by atoms with Gasteiger partial charge in [-0.15, -0.1) is 0 Å². The average molecular weight is 302 g/mol. The van der Waals surface area contributed by atoms with E-state index in [1.165, 1.54) is 11.8 Å². The number of aromatic nitrogens is 2. The average Bonchev–Trinajstić information content (AvgIpc) is 2.76. The normalized spacial score (nSPS) is 17.1. The van der Waals surface area contributed by atoms with Crippen molar-refractivity contribution in [2.45, 2.75) is 12.8 Å². The van der Waals surface area contributed by atoms with Crippen LogP contribution >= 0.6 is 0 Å². The summed E-state index contributed by atoms with van der Waals surface area (Å²) in [5, 5.41) is 5.90. The summed E-state index contributed by atoms with van der Waals surface area (Å²) < 4.78 is 19.1. The zero-order chi connectivity index (χ0) is 15.4. The number of rotatable bonds is 4. The molecule has 2 heterocycles. The minimum Gasteiger partial charge on any atom is -0.493 e. The molecule has 0 saturated carbocycles. The van der Waals surface area contributed by atoms with Crippen molar-refractivity contribution in [2.24, 2.45) is 5.92 Å². The van der Waals surface area contributed by atoms with Crippen molar-refractivity contribution in [2.75, 3.05) is 30.8 Å². The van der Waals surface area contributed by atoms with E-state index in [0.717, 1.165) is 25.1 Å². The monoisotopic (exact) mass is 302 g/mol. The summed E-state index contributed by atoms with van der Waals surface area (Å²) in [6.45, 7) is 1.43. The van der Waals surface area contributed by atoms with E-state index in [4.69, 9.17) is 4.74 Å². The Kier molecular flexibility index (Phi) is 4.37. The lowest BCUT2D eigenvalue weighted by Gasteiger charge is -2.15. The molecule has 2 aromatic rings. The van der Waals surface area contributed by atoms with Crippen LogP contribution in [0.3, 0.4) is 0 Å². The van der Waals surface area contributed by atoms with Crippen molar-refractivity contribution in [1.82, 2.24) is 9.97 Å². The van der Waals surface area contributed by atoms with Crippen LogP contribution in [0.4, 0.5) is 16.2 Å². The Hall–Kier alpha value is -2.37. The quantitative estimate of drug-likeness (QED) is 0.909. The lowest BCUT2D eigenvalue weighted by atomic mass is 9.97. The van der Waals surface area contributed by atoms with E-state index >= 15 is 0 Å². The van der Waals surface area contributed by atoms with E-state index in [0.29, 0.717) is 18.5 Å². The molecule has 0 radical (unpaired) electrons. The fourth-order valence-corrected chi connectivity index (χ4v) is 2.60. The summed E-state index contributed by atoms with van der Waals surface area (Å²) in [6, 6.07) is 8.12. The number of para-hydroxylation sites is 1. The molecular formula is C16H19FN4O. The smallest absolute Gasteiger partial charge is 0.224 e. The van der Waals surface area contributed by atoms with Gasteiger partial charge < -0.3 is 15.4 Å². The molecule has 116 valence electrons. The minimum atomic E-state index is -0.454. The molecule has 5 nitrogen and oxygen atoms in total. The van der Waals surface area contributed by atoms with Gasteiger partial charge in [0.2, 0.25) is 5.95 Å². The van der Waals surface area contributed by atoms with E-state index < -0.39 is 5.82 Å². The van der Waals surface area contributed by atoms with Gasteiger partial charge in [-0.25, -0.2) is 9.37 Å². The summed E-state index contributed by atoms with van der Waals surface area (Å²) in [5.74, 6) is 1.58. The minimum absolute atomic E-state index is 0.201. The number of fused-ring (bicyclic) bond motifs is 1. The lowest BCUT2D eigenvalue weighted by molar-refractivity contribution is 0.298. The Morgan fingerprint density at radius 2 is 2.23 bits per heavy atom. The fourth-order valence-electron chi connectivity index (χ4n) is 2.60. The van der Waals surface area contributed by atoms with Gasteiger partial charge in [-0.05, 0) is 30.4 Å². The van der Waals surface area contributed by atoms with Crippen LogP contribution < -0.4 is 15.4 Å². The second-order valence-electron chi connectivity index (χ2n) is 5.34. The van der Waals surface area contributed by atoms with Crippen LogP contribution in [0.1, 0.15) is 12.0 Å². The second kappa shape index (κ2) is 6.60. The molecule has 1 atom stereocenters. The molecule has 0 amide bonds. The molecule has 0 spiro atoms. The summed E-state index contributed by atoms with van der Waals surface area (Å²) in [4.78, 5) is 8.07. The molecule has 3 rings (SSSR count). The molecular weight excluding hydrogens is 283 g/mol. The summed E-state index contributed by atoms with van der Waals surface area (Å²) in [6.07, 6.45) is 3.08. The highest BCUT2D eigenvalue weighted by molar-refractivity contribution is 5.40. The van der Waals surface area contributed by atoms with Gasteiger partial charge in [0.1, 0.15) is 5.75 Å². The van der Waals surface area contributed by atoms with Crippen molar-refractivity contribution in [3.05, 3.63) is 41.8 Å². The number of hydrogen-bond acceptors (Lipinski definition) is 5. The summed E-state index contributed by atoms with van der Waals surface area (Å²) >= 11 is 0. The number of anilines is 2. The Balaban J connectivity index is 1.64. The number of ether oxygens (including phenoxy) is 1. The van der Waals surface area contributed by atoms with Crippen molar-refractivity contribution >= 4 is 11.8 Å². The maximum absolute atomic E-state index is 13.4. The third-order valence-corrected chi connectivity index (χ3v) is 3.79. The fraction of sp³-hybridized carbons (Fsp3) is 0.375. The molecule has 1 aliphatic heterocycles. The van der Waals surface area contributed by atoms with Gasteiger partial charge in [0.05, 0.1) is 12.8 Å². The highest BCUT2D eigenvalue weighted by atomic mass is 19.1. The maximum atomic E-state index is 13.4. The van der Waals surface area contributed by atoms with Gasteiger partial charge in [-0.3, -0.25) is 0 Å². The van der Waals surface area contributed by atoms with Gasteiger partial charge in [0.25, 0.3) is 0 Å². The van der Waals surface area contributed by atoms with E-state index in [1.54, 1.807) is 7.05 Å². The molecule has 1 aromatic carbocycles. The first-order valence-electron chi connectivity index (χ1n) is 7.41. The third-order valence-electron chi connectivity index (χ3n) is 3.79. The number of halogens is 1. The number of benzene rings is 1. The molecule has 0 fully saturated rings. The van der Waals surface area contributed by atoms with Crippen LogP contribution in [0.2, 0.25) is 0 Å². The van der Waals surface area contributed by atoms with Crippen molar-refractivity contribution < 1.29 is 9.13 Å². The van der Waals surface area contributed by atoms with Crippen LogP contribution in [0.25, 0.3) is 0 Å². The first kappa shape index (κ1) is 14.6. The predicted molar refractivity (Wildman–Crippen MR) is 83.8 cm³/mol. The third kappa shape index (κ3) is 3.27. The largest absolute Gasteiger partial charge is 0.493 e. The van der Waals surface area contributed by atoms with Crippen LogP contribution in [-0.4, -0.2) is 30.2 Å². The Labute approximate surface area is 128 Å². The van der Waals surface area contributed by atoms with Gasteiger partial charge in [0.15, 0.2) is 11.6 Å². The van der Waals surface area contributed by atoms with Crippen molar-refractivity contribution in [3.63, 3.8) is 0 Å². The van der Waals surface area contributed by atoms with Crippen LogP contribution in [-0.2, 0) is 6.42 Å². The zero-order valence-corrected chi connectivity index (χ0v) is 12.5. The summed E-state index contributed by atoms with van der Waals surface area (Å²) in [5.41, 5.74) is 1.22. The Morgan fingerprint density at radius 3 is 3.09 bits per heavy atom. The lowest BCUT2D eigenvalue weighted by Crippen LogP contribution is -2.19. The first-order chi connectivity index (χ1) is 10.8. The van der Waals surface area contributed by atoms with Crippen molar-refractivity contribution in [1.29, 1.82) is 0 Å². The zero-order valence-electron chi connectivity index (χ0n) is 12.5. The van der Waals surface area contributed by atoms with Gasteiger partial charge >= 0.3 is 0 Å². The number of nitrogens with one attached hydrogen (secondary N) is 2. The SMILES string of the molecule is CNc1nc(NC[C@@H]2CCOc3ccccc3C2)ncc1F. The van der Waals surface area contributed by atoms with E-state index in [-0.39, 0.29) is 5.82 Å². The summed E-state index contributed by atoms with van der Waals surface area (Å²) in [7, 11) is 1.63. The van der Waals surface area contributed by atoms with Crippen LogP contribution in [0.5, 0.6) is 5.75 Å². The van der Waals surface area contributed by atoms with Gasteiger partial charge in [-0.1, -0.05) is 18.2 Å². The standard InChI is InChI=1S/C16H19FN4O/c1-18-15-13(17)10-20-16(21-15)19-9-11-6-7-22-14-5-3-2-4-12(14)8-11/h2-5,10-11H,6-9H2,1H3,(H2,18,19,20,21)/t11-/m1/s1. The van der Waals surface area contributed by atoms with E-state index in [2.05, 4.69) is 26.7 Å². The topological polar surface area (TPSA) is 59.1 Å². The van der Waals surface area contributed by atoms with Crippen LogP contribution in [0.15, 0.2) is 30.5 Å². The molecule has 0 aliphatic carbocycles. The Bertz CT molecular complexity index is 650. The molecule has 6 heteroatoms. The maximum Gasteiger partial charge on any atom is 0.224 e. The molecule has 1 aliphatic rings. The number of hydrogen-bond donors (Lipinski definition) is 2. The molecule has 0 bridgehead atoms. The predicted octanol–water partition coefficient (Wildman–Crippen LogP) is 2.71. The van der Waals surface area contributed by atoms with Gasteiger partial charge in [0, 0.05) is 13.6 Å². The van der Waals surface area contributed by atoms with Gasteiger partial charge in [-0.2, -0.15) is 4.98 Å². The highest BCUT2D eigenvalue weighted by Gasteiger charge is 2.17. The van der Waals surface area contributed by atoms with E-state index in [1.807, 2.05) is 18.2 Å². The first-order valence-corrected chi connectivity index (χ1v) is 7.41. The van der Waals surface area contributed by atoms with E-state index in [9.17, 15) is 4.39 Å². The van der Waals surface area contributed by atoms with Crippen molar-refractivity contribution in [3.8, 4) is 5.75 Å². The Morgan fingerprint density at radius 1 is 1.36 bits per heavy atom. The molecule has 1 aromatic heterocycles.